The van der Waals surface area contributed by atoms with Crippen LogP contribution in [0.15, 0.2) is 18.2 Å². The summed E-state index contributed by atoms with van der Waals surface area (Å²) in [7, 11) is 1.49. The molecule has 1 heterocycles. The van der Waals surface area contributed by atoms with Gasteiger partial charge < -0.3 is 25.2 Å². The van der Waals surface area contributed by atoms with Gasteiger partial charge in [0.05, 0.1) is 12.5 Å². The summed E-state index contributed by atoms with van der Waals surface area (Å²) in [5.41, 5.74) is 0.173. The summed E-state index contributed by atoms with van der Waals surface area (Å²) >= 11 is 0. The van der Waals surface area contributed by atoms with E-state index in [1.54, 1.807) is 18.2 Å². The SMILES string of the molecule is COc1cc(CNC(=O)C2(C3(C)CCCCC3)CCN(C(=O)O)CC2)ccc1O. The standard InChI is InChI=1S/C22H32N2O5/c1-21(8-4-3-5-9-21)22(10-12-24(13-11-22)20(27)28)19(26)23-15-16-6-7-17(25)18(14-16)29-2/h6-7,14,25H,3-5,8-13,15H2,1-2H3,(H,23,26)(H,27,28). The topological polar surface area (TPSA) is 99.1 Å². The number of benzene rings is 1. The van der Waals surface area contributed by atoms with E-state index in [2.05, 4.69) is 12.2 Å². The number of piperidine rings is 1. The van der Waals surface area contributed by atoms with Gasteiger partial charge in [0.2, 0.25) is 5.91 Å². The molecule has 1 aliphatic heterocycles. The Morgan fingerprint density at radius 1 is 1.14 bits per heavy atom. The van der Waals surface area contributed by atoms with Crippen molar-refractivity contribution >= 4 is 12.0 Å². The number of amides is 2. The van der Waals surface area contributed by atoms with Crippen molar-refractivity contribution < 1.29 is 24.5 Å². The molecule has 29 heavy (non-hydrogen) atoms. The lowest BCUT2D eigenvalue weighted by atomic mass is 9.54. The second kappa shape index (κ2) is 8.51. The first-order valence-electron chi connectivity index (χ1n) is 10.4. The maximum absolute atomic E-state index is 13.5. The zero-order valence-corrected chi connectivity index (χ0v) is 17.4. The van der Waals surface area contributed by atoms with Crippen LogP contribution in [0.3, 0.4) is 0 Å². The Morgan fingerprint density at radius 2 is 1.79 bits per heavy atom. The minimum absolute atomic E-state index is 0.0129. The average molecular weight is 405 g/mol. The third kappa shape index (κ3) is 4.14. The third-order valence-corrected chi connectivity index (χ3v) is 7.13. The quantitative estimate of drug-likeness (QED) is 0.694. The highest BCUT2D eigenvalue weighted by atomic mass is 16.5. The molecule has 1 aliphatic carbocycles. The predicted molar refractivity (Wildman–Crippen MR) is 109 cm³/mol. The third-order valence-electron chi connectivity index (χ3n) is 7.13. The molecule has 0 aromatic heterocycles. The minimum Gasteiger partial charge on any atom is -0.504 e. The Bertz CT molecular complexity index is 750. The molecule has 1 saturated carbocycles. The predicted octanol–water partition coefficient (Wildman–Crippen LogP) is 3.75. The number of ether oxygens (including phenoxy) is 1. The zero-order valence-electron chi connectivity index (χ0n) is 17.4. The van der Waals surface area contributed by atoms with Crippen LogP contribution in [-0.4, -0.2) is 47.3 Å². The fourth-order valence-corrected chi connectivity index (χ4v) is 5.18. The number of nitrogens with one attached hydrogen (secondary N) is 1. The van der Waals surface area contributed by atoms with E-state index >= 15 is 0 Å². The number of phenols is 1. The average Bonchev–Trinajstić information content (AvgIpc) is 2.73. The number of carbonyl (C=O) groups excluding carboxylic acids is 1. The molecule has 0 radical (unpaired) electrons. The van der Waals surface area contributed by atoms with Gasteiger partial charge in [0.25, 0.3) is 0 Å². The van der Waals surface area contributed by atoms with E-state index in [-0.39, 0.29) is 17.1 Å². The van der Waals surface area contributed by atoms with Crippen molar-refractivity contribution in [1.82, 2.24) is 10.2 Å². The van der Waals surface area contributed by atoms with Crippen LogP contribution >= 0.6 is 0 Å². The molecular formula is C22H32N2O5. The summed E-state index contributed by atoms with van der Waals surface area (Å²) in [5.74, 6) is 0.453. The van der Waals surface area contributed by atoms with Gasteiger partial charge in [-0.1, -0.05) is 32.3 Å². The normalized spacial score (nSPS) is 20.7. The molecular weight excluding hydrogens is 372 g/mol. The molecule has 0 atom stereocenters. The molecule has 160 valence electrons. The highest BCUT2D eigenvalue weighted by molar-refractivity contribution is 5.84. The van der Waals surface area contributed by atoms with Crippen molar-refractivity contribution in [3.05, 3.63) is 23.8 Å². The molecule has 7 heteroatoms. The van der Waals surface area contributed by atoms with E-state index in [0.29, 0.717) is 38.2 Å². The Balaban J connectivity index is 1.79. The highest BCUT2D eigenvalue weighted by Crippen LogP contribution is 2.55. The molecule has 3 N–H and O–H groups in total. The molecule has 0 bridgehead atoms. The number of phenolic OH excluding ortho intramolecular Hbond substituents is 1. The molecule has 0 spiro atoms. The van der Waals surface area contributed by atoms with E-state index < -0.39 is 11.5 Å². The van der Waals surface area contributed by atoms with E-state index in [0.717, 1.165) is 31.2 Å². The van der Waals surface area contributed by atoms with Crippen LogP contribution in [0.5, 0.6) is 11.5 Å². The highest BCUT2D eigenvalue weighted by Gasteiger charge is 2.54. The van der Waals surface area contributed by atoms with Gasteiger partial charge >= 0.3 is 6.09 Å². The summed E-state index contributed by atoms with van der Waals surface area (Å²) in [5, 5.41) is 22.2. The van der Waals surface area contributed by atoms with Gasteiger partial charge in [-0.3, -0.25) is 4.79 Å². The molecule has 0 unspecified atom stereocenters. The summed E-state index contributed by atoms with van der Waals surface area (Å²) < 4.78 is 5.15. The maximum atomic E-state index is 13.5. The Labute approximate surface area is 172 Å². The maximum Gasteiger partial charge on any atom is 0.407 e. The van der Waals surface area contributed by atoms with E-state index in [9.17, 15) is 19.8 Å². The molecule has 1 aromatic rings. The fourth-order valence-electron chi connectivity index (χ4n) is 5.18. The Kier molecular flexibility index (Phi) is 6.24. The van der Waals surface area contributed by atoms with Crippen LogP contribution in [0.1, 0.15) is 57.4 Å². The molecule has 1 saturated heterocycles. The van der Waals surface area contributed by atoms with Crippen molar-refractivity contribution in [3.8, 4) is 11.5 Å². The van der Waals surface area contributed by atoms with Gasteiger partial charge in [-0.25, -0.2) is 4.79 Å². The van der Waals surface area contributed by atoms with Gasteiger partial charge in [-0.15, -0.1) is 0 Å². The van der Waals surface area contributed by atoms with Crippen molar-refractivity contribution in [2.45, 2.75) is 58.4 Å². The zero-order chi connectivity index (χ0) is 21.1. The van der Waals surface area contributed by atoms with Crippen molar-refractivity contribution in [3.63, 3.8) is 0 Å². The van der Waals surface area contributed by atoms with Crippen LogP contribution in [0.2, 0.25) is 0 Å². The number of nitrogens with zero attached hydrogens (tertiary/aromatic N) is 1. The lowest BCUT2D eigenvalue weighted by Crippen LogP contribution is -2.57. The summed E-state index contributed by atoms with van der Waals surface area (Å²) in [6.45, 7) is 3.35. The van der Waals surface area contributed by atoms with Gasteiger partial charge in [-0.2, -0.15) is 0 Å². The number of carboxylic acid groups (broad SMARTS) is 1. The van der Waals surface area contributed by atoms with Crippen LogP contribution in [-0.2, 0) is 11.3 Å². The molecule has 2 amide bonds. The van der Waals surface area contributed by atoms with Gasteiger partial charge in [-0.05, 0) is 48.8 Å². The van der Waals surface area contributed by atoms with Crippen LogP contribution < -0.4 is 10.1 Å². The molecule has 2 fully saturated rings. The van der Waals surface area contributed by atoms with Crippen LogP contribution in [0, 0.1) is 10.8 Å². The summed E-state index contributed by atoms with van der Waals surface area (Å²) in [4.78, 5) is 26.3. The monoisotopic (exact) mass is 404 g/mol. The largest absolute Gasteiger partial charge is 0.504 e. The Morgan fingerprint density at radius 3 is 2.38 bits per heavy atom. The lowest BCUT2D eigenvalue weighted by Gasteiger charge is -2.53. The van der Waals surface area contributed by atoms with Crippen molar-refractivity contribution in [2.75, 3.05) is 20.2 Å². The first kappa shape index (κ1) is 21.3. The lowest BCUT2D eigenvalue weighted by molar-refractivity contribution is -0.147. The number of hydrogen-bond acceptors (Lipinski definition) is 4. The van der Waals surface area contributed by atoms with Gasteiger partial charge in [0.15, 0.2) is 11.5 Å². The van der Waals surface area contributed by atoms with Crippen molar-refractivity contribution in [2.24, 2.45) is 10.8 Å². The first-order valence-corrected chi connectivity index (χ1v) is 10.4. The minimum atomic E-state index is -0.913. The number of carbonyl (C=O) groups is 2. The second-order valence-electron chi connectivity index (χ2n) is 8.66. The van der Waals surface area contributed by atoms with Crippen molar-refractivity contribution in [1.29, 1.82) is 0 Å². The number of methoxy groups -OCH3 is 1. The Hall–Kier alpha value is -2.44. The molecule has 1 aromatic carbocycles. The fraction of sp³-hybridized carbons (Fsp3) is 0.636. The van der Waals surface area contributed by atoms with E-state index in [1.165, 1.54) is 18.4 Å². The van der Waals surface area contributed by atoms with Crippen LogP contribution in [0.25, 0.3) is 0 Å². The van der Waals surface area contributed by atoms with E-state index in [1.807, 2.05) is 0 Å². The van der Waals surface area contributed by atoms with Gasteiger partial charge in [0.1, 0.15) is 0 Å². The number of likely N-dealkylation sites (tertiary alicyclic amines) is 1. The first-order chi connectivity index (χ1) is 13.8. The number of hydrogen-bond donors (Lipinski definition) is 3. The molecule has 2 aliphatic rings. The number of aromatic hydroxyl groups is 1. The van der Waals surface area contributed by atoms with E-state index in [4.69, 9.17) is 4.74 Å². The summed E-state index contributed by atoms with van der Waals surface area (Å²) in [6, 6.07) is 5.04. The van der Waals surface area contributed by atoms with Gasteiger partial charge in [0, 0.05) is 19.6 Å². The number of rotatable bonds is 5. The van der Waals surface area contributed by atoms with Crippen LogP contribution in [0.4, 0.5) is 4.79 Å². The second-order valence-corrected chi connectivity index (χ2v) is 8.66. The smallest absolute Gasteiger partial charge is 0.407 e. The molecule has 3 rings (SSSR count). The molecule has 7 nitrogen and oxygen atoms in total. The summed E-state index contributed by atoms with van der Waals surface area (Å²) in [6.07, 6.45) is 5.63.